The highest BCUT2D eigenvalue weighted by molar-refractivity contribution is 5.60. The van der Waals surface area contributed by atoms with Gasteiger partial charge in [-0.25, -0.2) is 0 Å². The lowest BCUT2D eigenvalue weighted by atomic mass is 9.84. The fourth-order valence-corrected chi connectivity index (χ4v) is 3.41. The quantitative estimate of drug-likeness (QED) is 0.880. The zero-order valence-electron chi connectivity index (χ0n) is 11.6. The van der Waals surface area contributed by atoms with E-state index >= 15 is 0 Å². The highest BCUT2D eigenvalue weighted by Crippen LogP contribution is 2.31. The van der Waals surface area contributed by atoms with Gasteiger partial charge in [-0.05, 0) is 51.8 Å². The van der Waals surface area contributed by atoms with E-state index in [-0.39, 0.29) is 0 Å². The zero-order chi connectivity index (χ0) is 13.4. The van der Waals surface area contributed by atoms with E-state index < -0.39 is 0 Å². The van der Waals surface area contributed by atoms with Crippen molar-refractivity contribution in [3.8, 4) is 6.07 Å². The molecule has 3 aliphatic heterocycles. The van der Waals surface area contributed by atoms with Gasteiger partial charge < -0.3 is 10.2 Å². The largest absolute Gasteiger partial charge is 0.380 e. The highest BCUT2D eigenvalue weighted by Gasteiger charge is 2.34. The molecule has 1 unspecified atom stereocenters. The summed E-state index contributed by atoms with van der Waals surface area (Å²) in [4.78, 5) is 6.89. The van der Waals surface area contributed by atoms with Crippen LogP contribution in [0.1, 0.15) is 29.8 Å². The summed E-state index contributed by atoms with van der Waals surface area (Å²) in [5.74, 6) is 0.755. The normalized spacial score (nSPS) is 29.0. The SMILES string of the molecule is Cc1cc(NC2CN3CCC2CC3)c(C#N)c(C)n1. The molecule has 0 saturated carbocycles. The predicted octanol–water partition coefficient (Wildman–Crippen LogP) is 2.08. The molecule has 4 rings (SSSR count). The lowest BCUT2D eigenvalue weighted by Crippen LogP contribution is -2.53. The summed E-state index contributed by atoms with van der Waals surface area (Å²) in [6, 6.07) is 4.77. The summed E-state index contributed by atoms with van der Waals surface area (Å²) in [6.07, 6.45) is 2.56. The van der Waals surface area contributed by atoms with E-state index in [0.29, 0.717) is 11.6 Å². The highest BCUT2D eigenvalue weighted by atomic mass is 15.2. The van der Waals surface area contributed by atoms with Gasteiger partial charge in [0.2, 0.25) is 0 Å². The van der Waals surface area contributed by atoms with E-state index in [1.54, 1.807) is 0 Å². The van der Waals surface area contributed by atoms with E-state index in [2.05, 4.69) is 21.3 Å². The molecule has 4 heterocycles. The third kappa shape index (κ3) is 2.31. The van der Waals surface area contributed by atoms with Gasteiger partial charge in [0.15, 0.2) is 0 Å². The van der Waals surface area contributed by atoms with Crippen molar-refractivity contribution in [2.45, 2.75) is 32.7 Å². The van der Waals surface area contributed by atoms with Crippen molar-refractivity contribution in [3.05, 3.63) is 23.0 Å². The lowest BCUT2D eigenvalue weighted by molar-refractivity contribution is 0.0975. The number of hydrogen-bond acceptors (Lipinski definition) is 4. The Kier molecular flexibility index (Phi) is 3.16. The molecular formula is C15H20N4. The molecule has 3 fully saturated rings. The molecule has 100 valence electrons. The molecule has 1 aromatic heterocycles. The Morgan fingerprint density at radius 3 is 2.68 bits per heavy atom. The maximum Gasteiger partial charge on any atom is 0.103 e. The van der Waals surface area contributed by atoms with Crippen LogP contribution in [0, 0.1) is 31.1 Å². The molecule has 1 aromatic rings. The van der Waals surface area contributed by atoms with Gasteiger partial charge in [-0.1, -0.05) is 0 Å². The predicted molar refractivity (Wildman–Crippen MR) is 75.0 cm³/mol. The fourth-order valence-electron chi connectivity index (χ4n) is 3.41. The van der Waals surface area contributed by atoms with Crippen LogP contribution < -0.4 is 5.32 Å². The van der Waals surface area contributed by atoms with Gasteiger partial charge in [0.05, 0.1) is 16.9 Å². The molecular weight excluding hydrogens is 236 g/mol. The molecule has 3 saturated heterocycles. The molecule has 4 nitrogen and oxygen atoms in total. The van der Waals surface area contributed by atoms with E-state index in [1.807, 2.05) is 19.9 Å². The zero-order valence-corrected chi connectivity index (χ0v) is 11.6. The molecule has 0 radical (unpaired) electrons. The van der Waals surface area contributed by atoms with Gasteiger partial charge in [0.25, 0.3) is 0 Å². The second kappa shape index (κ2) is 4.82. The Labute approximate surface area is 114 Å². The maximum atomic E-state index is 9.31. The van der Waals surface area contributed by atoms with E-state index in [0.717, 1.165) is 29.5 Å². The van der Waals surface area contributed by atoms with Crippen molar-refractivity contribution in [1.82, 2.24) is 9.88 Å². The average Bonchev–Trinajstić information content (AvgIpc) is 2.39. The maximum absolute atomic E-state index is 9.31. The number of hydrogen-bond donors (Lipinski definition) is 1. The van der Waals surface area contributed by atoms with Gasteiger partial charge in [0, 0.05) is 18.3 Å². The number of aromatic nitrogens is 1. The van der Waals surface area contributed by atoms with E-state index in [1.165, 1.54) is 25.9 Å². The number of nitrogens with one attached hydrogen (secondary N) is 1. The third-order valence-electron chi connectivity index (χ3n) is 4.44. The second-order valence-corrected chi connectivity index (χ2v) is 5.77. The van der Waals surface area contributed by atoms with Gasteiger partial charge in [-0.2, -0.15) is 5.26 Å². The van der Waals surface area contributed by atoms with Crippen LogP contribution in [-0.2, 0) is 0 Å². The average molecular weight is 256 g/mol. The summed E-state index contributed by atoms with van der Waals surface area (Å²) in [7, 11) is 0. The number of rotatable bonds is 2. The Hall–Kier alpha value is -1.60. The van der Waals surface area contributed by atoms with Crippen LogP contribution in [0.3, 0.4) is 0 Å². The van der Waals surface area contributed by atoms with Crippen LogP contribution in [0.2, 0.25) is 0 Å². The topological polar surface area (TPSA) is 52.0 Å². The number of anilines is 1. The minimum absolute atomic E-state index is 0.482. The smallest absolute Gasteiger partial charge is 0.103 e. The fraction of sp³-hybridized carbons (Fsp3) is 0.600. The number of aryl methyl sites for hydroxylation is 2. The summed E-state index contributed by atoms with van der Waals surface area (Å²) in [5, 5.41) is 12.9. The molecule has 0 spiro atoms. The van der Waals surface area contributed by atoms with Crippen LogP contribution in [-0.4, -0.2) is 35.6 Å². The summed E-state index contributed by atoms with van der Waals surface area (Å²) in [5.41, 5.74) is 3.46. The Balaban J connectivity index is 1.85. The van der Waals surface area contributed by atoms with Crippen molar-refractivity contribution >= 4 is 5.69 Å². The van der Waals surface area contributed by atoms with E-state index in [4.69, 9.17) is 0 Å². The van der Waals surface area contributed by atoms with Crippen LogP contribution >= 0.6 is 0 Å². The summed E-state index contributed by atoms with van der Waals surface area (Å²) >= 11 is 0. The first kappa shape index (κ1) is 12.4. The lowest BCUT2D eigenvalue weighted by Gasteiger charge is -2.45. The van der Waals surface area contributed by atoms with Crippen molar-refractivity contribution in [2.24, 2.45) is 5.92 Å². The molecule has 19 heavy (non-hydrogen) atoms. The minimum Gasteiger partial charge on any atom is -0.380 e. The second-order valence-electron chi connectivity index (χ2n) is 5.77. The Bertz CT molecular complexity index is 524. The molecule has 0 aliphatic carbocycles. The first-order chi connectivity index (χ1) is 9.17. The molecule has 2 bridgehead atoms. The number of fused-ring (bicyclic) bond motifs is 3. The standard InChI is InChI=1S/C15H20N4/c1-10-7-14(13(8-16)11(2)17-10)18-15-9-19-5-3-12(15)4-6-19/h7,12,15H,3-6,9H2,1-2H3,(H,17,18). The minimum atomic E-state index is 0.482. The number of pyridine rings is 1. The third-order valence-corrected chi connectivity index (χ3v) is 4.44. The van der Waals surface area contributed by atoms with Gasteiger partial charge in [-0.15, -0.1) is 0 Å². The number of piperidine rings is 3. The van der Waals surface area contributed by atoms with Crippen molar-refractivity contribution in [2.75, 3.05) is 25.0 Å². The monoisotopic (exact) mass is 256 g/mol. The van der Waals surface area contributed by atoms with Gasteiger partial charge in [-0.3, -0.25) is 4.98 Å². The van der Waals surface area contributed by atoms with Crippen LogP contribution in [0.5, 0.6) is 0 Å². The molecule has 1 N–H and O–H groups in total. The number of nitriles is 1. The Morgan fingerprint density at radius 1 is 1.37 bits per heavy atom. The molecule has 0 aromatic carbocycles. The van der Waals surface area contributed by atoms with E-state index in [9.17, 15) is 5.26 Å². The molecule has 0 amide bonds. The van der Waals surface area contributed by atoms with Crippen LogP contribution in [0.25, 0.3) is 0 Å². The molecule has 3 aliphatic rings. The van der Waals surface area contributed by atoms with Gasteiger partial charge >= 0.3 is 0 Å². The molecule has 1 atom stereocenters. The Morgan fingerprint density at radius 2 is 2.11 bits per heavy atom. The molecule has 4 heteroatoms. The summed E-state index contributed by atoms with van der Waals surface area (Å²) < 4.78 is 0. The summed E-state index contributed by atoms with van der Waals surface area (Å²) in [6.45, 7) is 7.48. The first-order valence-corrected chi connectivity index (χ1v) is 7.04. The number of nitrogens with zero attached hydrogens (tertiary/aromatic N) is 3. The van der Waals surface area contributed by atoms with Crippen LogP contribution in [0.15, 0.2) is 6.07 Å². The van der Waals surface area contributed by atoms with Gasteiger partial charge in [0.1, 0.15) is 6.07 Å². The first-order valence-electron chi connectivity index (χ1n) is 7.04. The van der Waals surface area contributed by atoms with Crippen molar-refractivity contribution in [3.63, 3.8) is 0 Å². The van der Waals surface area contributed by atoms with Crippen molar-refractivity contribution in [1.29, 1.82) is 5.26 Å². The van der Waals surface area contributed by atoms with Crippen molar-refractivity contribution < 1.29 is 0 Å². The van der Waals surface area contributed by atoms with Crippen LogP contribution in [0.4, 0.5) is 5.69 Å².